The maximum absolute atomic E-state index is 5.34. The number of para-hydroxylation sites is 1. The van der Waals surface area contributed by atoms with Crippen molar-refractivity contribution in [3.63, 3.8) is 0 Å². The van der Waals surface area contributed by atoms with Gasteiger partial charge < -0.3 is 15.0 Å². The summed E-state index contributed by atoms with van der Waals surface area (Å²) in [5.41, 5.74) is 3.51. The Labute approximate surface area is 187 Å². The summed E-state index contributed by atoms with van der Waals surface area (Å²) in [6.45, 7) is 5.83. The largest absolute Gasteiger partial charge is 0.497 e. The predicted molar refractivity (Wildman–Crippen MR) is 134 cm³/mol. The fraction of sp³-hybridized carbons (Fsp3) is 0.385. The molecule has 1 unspecified atom stereocenters. The number of allylic oxidation sites excluding steroid dienone is 1. The molecule has 0 radical (unpaired) electrons. The molecule has 1 atom stereocenters. The Morgan fingerprint density at radius 2 is 1.81 bits per heavy atom. The molecule has 2 aromatic rings. The summed E-state index contributed by atoms with van der Waals surface area (Å²) in [6.07, 6.45) is 6.01. The highest BCUT2D eigenvalue weighted by atomic mass is 16.5. The molecule has 0 fully saturated rings. The van der Waals surface area contributed by atoms with Crippen LogP contribution in [0, 0.1) is 0 Å². The van der Waals surface area contributed by atoms with E-state index in [0.717, 1.165) is 42.2 Å². The van der Waals surface area contributed by atoms with Crippen molar-refractivity contribution in [2.24, 2.45) is 9.98 Å². The van der Waals surface area contributed by atoms with E-state index in [-0.39, 0.29) is 6.04 Å². The Kier molecular flexibility index (Phi) is 10.5. The third-order valence-electron chi connectivity index (χ3n) is 5.09. The molecule has 0 saturated carbocycles. The van der Waals surface area contributed by atoms with E-state index in [9.17, 15) is 0 Å². The number of nitrogens with one attached hydrogen (secondary N) is 1. The van der Waals surface area contributed by atoms with Gasteiger partial charge >= 0.3 is 0 Å². The van der Waals surface area contributed by atoms with Crippen LogP contribution in [0.5, 0.6) is 5.75 Å². The van der Waals surface area contributed by atoms with Gasteiger partial charge in [0.2, 0.25) is 0 Å². The Morgan fingerprint density at radius 1 is 1.10 bits per heavy atom. The lowest BCUT2D eigenvalue weighted by Gasteiger charge is -2.31. The van der Waals surface area contributed by atoms with Crippen LogP contribution in [0.1, 0.15) is 38.3 Å². The van der Waals surface area contributed by atoms with Crippen molar-refractivity contribution in [3.8, 4) is 5.75 Å². The van der Waals surface area contributed by atoms with Crippen LogP contribution in [0.25, 0.3) is 0 Å². The van der Waals surface area contributed by atoms with Crippen LogP contribution in [0.4, 0.5) is 5.69 Å². The minimum atomic E-state index is -0.0375. The van der Waals surface area contributed by atoms with Crippen molar-refractivity contribution in [2.75, 3.05) is 39.2 Å². The Morgan fingerprint density at radius 3 is 2.35 bits per heavy atom. The van der Waals surface area contributed by atoms with Crippen LogP contribution in [0.2, 0.25) is 0 Å². The zero-order valence-corrected chi connectivity index (χ0v) is 19.5. The standard InChI is InChI=1S/C26H36N4O/c1-6-11-21(20-27-3)18-19-29-26(30(7-2)23-12-9-8-10-13-23)25(28-4)22-14-16-24(31-5)17-15-22/h8-17,20,25,28H,6-7,18-19H2,1-5H3/b21-11-,27-20?,29-26?. The molecule has 5 nitrogen and oxygen atoms in total. The van der Waals surface area contributed by atoms with E-state index in [0.29, 0.717) is 6.54 Å². The first-order chi connectivity index (χ1) is 15.2. The first kappa shape index (κ1) is 24.4. The summed E-state index contributed by atoms with van der Waals surface area (Å²) >= 11 is 0. The Hall–Kier alpha value is -2.92. The second kappa shape index (κ2) is 13.4. The van der Waals surface area contributed by atoms with E-state index >= 15 is 0 Å². The molecule has 0 heterocycles. The minimum Gasteiger partial charge on any atom is -0.497 e. The number of ether oxygens (including phenoxy) is 1. The lowest BCUT2D eigenvalue weighted by atomic mass is 10.0. The van der Waals surface area contributed by atoms with Gasteiger partial charge in [0.1, 0.15) is 11.6 Å². The third kappa shape index (κ3) is 7.07. The normalized spacial score (nSPS) is 13.5. The first-order valence-electron chi connectivity index (χ1n) is 11.0. The van der Waals surface area contributed by atoms with E-state index in [4.69, 9.17) is 9.73 Å². The van der Waals surface area contributed by atoms with E-state index in [1.807, 2.05) is 38.5 Å². The van der Waals surface area contributed by atoms with Crippen LogP contribution in [0.3, 0.4) is 0 Å². The molecule has 0 saturated heterocycles. The molecule has 1 N–H and O–H groups in total. The second-order valence-corrected chi connectivity index (χ2v) is 7.14. The summed E-state index contributed by atoms with van der Waals surface area (Å²) in [5.74, 6) is 1.85. The zero-order valence-electron chi connectivity index (χ0n) is 19.5. The van der Waals surface area contributed by atoms with Gasteiger partial charge in [0.25, 0.3) is 0 Å². The van der Waals surface area contributed by atoms with Gasteiger partial charge in [0.15, 0.2) is 0 Å². The molecule has 0 aliphatic rings. The van der Waals surface area contributed by atoms with Crippen LogP contribution in [-0.4, -0.2) is 46.3 Å². The van der Waals surface area contributed by atoms with E-state index in [1.165, 1.54) is 5.57 Å². The second-order valence-electron chi connectivity index (χ2n) is 7.14. The summed E-state index contributed by atoms with van der Waals surface area (Å²) < 4.78 is 5.34. The molecule has 0 aliphatic carbocycles. The average molecular weight is 421 g/mol. The fourth-order valence-corrected chi connectivity index (χ4v) is 3.61. The van der Waals surface area contributed by atoms with Gasteiger partial charge in [0.05, 0.1) is 13.2 Å². The maximum Gasteiger partial charge on any atom is 0.125 e. The van der Waals surface area contributed by atoms with Crippen molar-refractivity contribution in [1.29, 1.82) is 0 Å². The molecule has 2 aromatic carbocycles. The van der Waals surface area contributed by atoms with Crippen LogP contribution < -0.4 is 15.0 Å². The predicted octanol–water partition coefficient (Wildman–Crippen LogP) is 5.31. The van der Waals surface area contributed by atoms with Crippen molar-refractivity contribution in [2.45, 2.75) is 32.7 Å². The van der Waals surface area contributed by atoms with Gasteiger partial charge in [0, 0.05) is 32.0 Å². The molecule has 31 heavy (non-hydrogen) atoms. The number of amidine groups is 1. The van der Waals surface area contributed by atoms with Crippen LogP contribution in [-0.2, 0) is 0 Å². The number of hydrogen-bond donors (Lipinski definition) is 1. The molecular formula is C26H36N4O. The minimum absolute atomic E-state index is 0.0375. The van der Waals surface area contributed by atoms with Crippen LogP contribution >= 0.6 is 0 Å². The van der Waals surface area contributed by atoms with Crippen molar-refractivity contribution < 1.29 is 4.74 Å². The average Bonchev–Trinajstić information content (AvgIpc) is 2.81. The molecule has 0 aromatic heterocycles. The van der Waals surface area contributed by atoms with Crippen LogP contribution in [0.15, 0.2) is 76.2 Å². The summed E-state index contributed by atoms with van der Waals surface area (Å²) in [4.78, 5) is 11.6. The molecule has 0 spiro atoms. The Balaban J connectivity index is 2.42. The number of nitrogens with zero attached hydrogens (tertiary/aromatic N) is 3. The van der Waals surface area contributed by atoms with E-state index in [2.05, 4.69) is 71.5 Å². The lowest BCUT2D eigenvalue weighted by Crippen LogP contribution is -2.40. The smallest absolute Gasteiger partial charge is 0.125 e. The number of rotatable bonds is 11. The highest BCUT2D eigenvalue weighted by Gasteiger charge is 2.23. The highest BCUT2D eigenvalue weighted by molar-refractivity contribution is 6.02. The van der Waals surface area contributed by atoms with Gasteiger partial charge in [-0.25, -0.2) is 0 Å². The first-order valence-corrected chi connectivity index (χ1v) is 11.0. The number of likely N-dealkylation sites (N-methyl/N-ethyl adjacent to an activating group) is 2. The highest BCUT2D eigenvalue weighted by Crippen LogP contribution is 2.24. The SMILES string of the molecule is CC/C=C(\C=NC)CCN=C(C(NC)c1ccc(OC)cc1)N(CC)c1ccccc1. The molecule has 5 heteroatoms. The van der Waals surface area contributed by atoms with Gasteiger partial charge in [-0.2, -0.15) is 0 Å². The molecule has 0 bridgehead atoms. The third-order valence-corrected chi connectivity index (χ3v) is 5.09. The monoisotopic (exact) mass is 420 g/mol. The van der Waals surface area contributed by atoms with Crippen molar-refractivity contribution in [3.05, 3.63) is 71.8 Å². The summed E-state index contributed by atoms with van der Waals surface area (Å²) in [5, 5.41) is 3.47. The van der Waals surface area contributed by atoms with E-state index in [1.54, 1.807) is 7.11 Å². The number of aliphatic imine (C=N–C) groups is 2. The molecule has 0 amide bonds. The molecule has 166 valence electrons. The molecule has 0 aliphatic heterocycles. The zero-order chi connectivity index (χ0) is 22.5. The van der Waals surface area contributed by atoms with Gasteiger partial charge in [-0.05, 0) is 62.2 Å². The fourth-order valence-electron chi connectivity index (χ4n) is 3.61. The van der Waals surface area contributed by atoms with Gasteiger partial charge in [-0.1, -0.05) is 43.3 Å². The quantitative estimate of drug-likeness (QED) is 0.396. The number of hydrogen-bond acceptors (Lipinski definition) is 4. The maximum atomic E-state index is 5.34. The summed E-state index contributed by atoms with van der Waals surface area (Å²) in [6, 6.07) is 18.6. The molecule has 2 rings (SSSR count). The van der Waals surface area contributed by atoms with Gasteiger partial charge in [-0.15, -0.1) is 0 Å². The van der Waals surface area contributed by atoms with Crippen molar-refractivity contribution >= 4 is 17.7 Å². The number of methoxy groups -OCH3 is 1. The summed E-state index contributed by atoms with van der Waals surface area (Å²) in [7, 11) is 5.48. The number of anilines is 1. The molecular weight excluding hydrogens is 384 g/mol. The van der Waals surface area contributed by atoms with E-state index < -0.39 is 0 Å². The Bertz CT molecular complexity index is 857. The van der Waals surface area contributed by atoms with Gasteiger partial charge in [-0.3, -0.25) is 9.98 Å². The van der Waals surface area contributed by atoms with Crippen molar-refractivity contribution in [1.82, 2.24) is 5.32 Å². The lowest BCUT2D eigenvalue weighted by molar-refractivity contribution is 0.414. The number of benzene rings is 2. The topological polar surface area (TPSA) is 49.2 Å².